The lowest BCUT2D eigenvalue weighted by molar-refractivity contribution is -0.137. The molecule has 17 heavy (non-hydrogen) atoms. The molecule has 1 aromatic rings. The Morgan fingerprint density at radius 2 is 2.29 bits per heavy atom. The highest BCUT2D eigenvalue weighted by Gasteiger charge is 2.16. The molecule has 0 bridgehead atoms. The van der Waals surface area contributed by atoms with E-state index in [9.17, 15) is 9.59 Å². The number of carbonyl (C=O) groups excluding carboxylic acids is 1. The van der Waals surface area contributed by atoms with Crippen LogP contribution in [0.2, 0.25) is 5.02 Å². The van der Waals surface area contributed by atoms with Crippen LogP contribution in [0.15, 0.2) is 18.5 Å². The second-order valence-electron chi connectivity index (χ2n) is 3.53. The number of aliphatic carboxylic acids is 1. The zero-order valence-corrected chi connectivity index (χ0v) is 10.1. The van der Waals surface area contributed by atoms with E-state index in [0.717, 1.165) is 0 Å². The van der Waals surface area contributed by atoms with Crippen LogP contribution in [0, 0.1) is 0 Å². The van der Waals surface area contributed by atoms with Crippen LogP contribution < -0.4 is 5.32 Å². The first kappa shape index (κ1) is 13.4. The van der Waals surface area contributed by atoms with Gasteiger partial charge in [0.1, 0.15) is 0 Å². The van der Waals surface area contributed by atoms with Crippen LogP contribution in [0.4, 0.5) is 0 Å². The molecule has 1 aromatic heterocycles. The van der Waals surface area contributed by atoms with Crippen molar-refractivity contribution in [3.63, 3.8) is 0 Å². The second-order valence-corrected chi connectivity index (χ2v) is 3.94. The Kier molecular flexibility index (Phi) is 4.90. The fraction of sp³-hybridized carbons (Fsp3) is 0.364. The fourth-order valence-electron chi connectivity index (χ4n) is 1.33. The van der Waals surface area contributed by atoms with Gasteiger partial charge in [0.15, 0.2) is 0 Å². The molecule has 0 fully saturated rings. The summed E-state index contributed by atoms with van der Waals surface area (Å²) >= 11 is 5.81. The molecule has 5 nitrogen and oxygen atoms in total. The molecule has 0 aliphatic heterocycles. The predicted octanol–water partition coefficient (Wildman–Crippen LogP) is 1.72. The molecule has 0 spiro atoms. The quantitative estimate of drug-likeness (QED) is 0.841. The summed E-state index contributed by atoms with van der Waals surface area (Å²) in [6.45, 7) is 1.81. The summed E-state index contributed by atoms with van der Waals surface area (Å²) in [5, 5.41) is 11.5. The number of aromatic nitrogens is 1. The van der Waals surface area contributed by atoms with Crippen LogP contribution in [0.3, 0.4) is 0 Å². The SMILES string of the molecule is CCC(CC(=O)O)NC(=O)c1ccncc1Cl. The zero-order valence-electron chi connectivity index (χ0n) is 9.31. The monoisotopic (exact) mass is 256 g/mol. The van der Waals surface area contributed by atoms with Gasteiger partial charge in [-0.3, -0.25) is 14.6 Å². The van der Waals surface area contributed by atoms with Crippen LogP contribution in [0.1, 0.15) is 30.1 Å². The van der Waals surface area contributed by atoms with Gasteiger partial charge in [0.05, 0.1) is 17.0 Å². The Balaban J connectivity index is 2.71. The summed E-state index contributed by atoms with van der Waals surface area (Å²) in [5.74, 6) is -1.33. The van der Waals surface area contributed by atoms with Crippen molar-refractivity contribution in [2.45, 2.75) is 25.8 Å². The predicted molar refractivity (Wildman–Crippen MR) is 63.0 cm³/mol. The summed E-state index contributed by atoms with van der Waals surface area (Å²) in [5.41, 5.74) is 0.297. The van der Waals surface area contributed by atoms with E-state index >= 15 is 0 Å². The molecule has 0 saturated carbocycles. The number of nitrogens with one attached hydrogen (secondary N) is 1. The lowest BCUT2D eigenvalue weighted by Crippen LogP contribution is -2.36. The van der Waals surface area contributed by atoms with Gasteiger partial charge in [-0.15, -0.1) is 0 Å². The molecule has 92 valence electrons. The third-order valence-electron chi connectivity index (χ3n) is 2.27. The Bertz CT molecular complexity index is 423. The Morgan fingerprint density at radius 1 is 1.59 bits per heavy atom. The maximum absolute atomic E-state index is 11.8. The average molecular weight is 257 g/mol. The molecule has 1 unspecified atom stereocenters. The maximum atomic E-state index is 11.8. The van der Waals surface area contributed by atoms with Gasteiger partial charge in [0.2, 0.25) is 0 Å². The first-order valence-corrected chi connectivity index (χ1v) is 5.54. The van der Waals surface area contributed by atoms with Crippen molar-refractivity contribution < 1.29 is 14.7 Å². The first-order valence-electron chi connectivity index (χ1n) is 5.16. The fourth-order valence-corrected chi connectivity index (χ4v) is 1.54. The molecule has 0 saturated heterocycles. The molecule has 1 atom stereocenters. The summed E-state index contributed by atoms with van der Waals surface area (Å²) in [6.07, 6.45) is 3.26. The number of carbonyl (C=O) groups is 2. The number of rotatable bonds is 5. The molecular weight excluding hydrogens is 244 g/mol. The number of nitrogens with zero attached hydrogens (tertiary/aromatic N) is 1. The highest BCUT2D eigenvalue weighted by Crippen LogP contribution is 2.13. The first-order chi connectivity index (χ1) is 8.04. The van der Waals surface area contributed by atoms with Gasteiger partial charge in [0, 0.05) is 18.4 Å². The standard InChI is InChI=1S/C11H13ClN2O3/c1-2-7(5-10(15)16)14-11(17)8-3-4-13-6-9(8)12/h3-4,6-7H,2,5H2,1H3,(H,14,17)(H,15,16). The molecular formula is C11H13ClN2O3. The van der Waals surface area contributed by atoms with Crippen molar-refractivity contribution in [3.8, 4) is 0 Å². The van der Waals surface area contributed by atoms with Crippen molar-refractivity contribution in [1.29, 1.82) is 0 Å². The number of carboxylic acid groups (broad SMARTS) is 1. The highest BCUT2D eigenvalue weighted by molar-refractivity contribution is 6.33. The van der Waals surface area contributed by atoms with Crippen molar-refractivity contribution in [2.24, 2.45) is 0 Å². The molecule has 0 radical (unpaired) electrons. The number of carboxylic acids is 1. The summed E-state index contributed by atoms with van der Waals surface area (Å²) in [6, 6.07) is 1.09. The van der Waals surface area contributed by atoms with E-state index in [0.29, 0.717) is 12.0 Å². The molecule has 2 N–H and O–H groups in total. The van der Waals surface area contributed by atoms with Gasteiger partial charge in [-0.25, -0.2) is 0 Å². The minimum absolute atomic E-state index is 0.106. The van der Waals surface area contributed by atoms with Crippen molar-refractivity contribution in [2.75, 3.05) is 0 Å². The van der Waals surface area contributed by atoms with Gasteiger partial charge in [-0.2, -0.15) is 0 Å². The van der Waals surface area contributed by atoms with Crippen LogP contribution >= 0.6 is 11.6 Å². The Labute approximate surface area is 104 Å². The number of pyridine rings is 1. The van der Waals surface area contributed by atoms with E-state index in [1.807, 2.05) is 6.92 Å². The van der Waals surface area contributed by atoms with Crippen LogP contribution in [0.5, 0.6) is 0 Å². The Hall–Kier alpha value is -1.62. The smallest absolute Gasteiger partial charge is 0.305 e. The minimum atomic E-state index is -0.946. The van der Waals surface area contributed by atoms with Crippen LogP contribution in [-0.2, 0) is 4.79 Å². The number of halogens is 1. The van der Waals surface area contributed by atoms with Crippen molar-refractivity contribution in [3.05, 3.63) is 29.0 Å². The number of hydrogen-bond acceptors (Lipinski definition) is 3. The molecule has 1 amide bonds. The van der Waals surface area contributed by atoms with E-state index in [-0.39, 0.29) is 17.4 Å². The van der Waals surface area contributed by atoms with E-state index in [2.05, 4.69) is 10.3 Å². The van der Waals surface area contributed by atoms with E-state index < -0.39 is 12.0 Å². The summed E-state index contributed by atoms with van der Waals surface area (Å²) < 4.78 is 0. The lowest BCUT2D eigenvalue weighted by Gasteiger charge is -2.15. The van der Waals surface area contributed by atoms with Crippen molar-refractivity contribution in [1.82, 2.24) is 10.3 Å². The number of amides is 1. The van der Waals surface area contributed by atoms with Gasteiger partial charge >= 0.3 is 5.97 Å². The van der Waals surface area contributed by atoms with E-state index in [1.165, 1.54) is 18.5 Å². The maximum Gasteiger partial charge on any atom is 0.305 e. The molecule has 6 heteroatoms. The van der Waals surface area contributed by atoms with E-state index in [4.69, 9.17) is 16.7 Å². The second kappa shape index (κ2) is 6.20. The van der Waals surface area contributed by atoms with Gasteiger partial charge < -0.3 is 10.4 Å². The normalized spacial score (nSPS) is 11.9. The lowest BCUT2D eigenvalue weighted by atomic mass is 10.1. The molecule has 1 heterocycles. The van der Waals surface area contributed by atoms with Gasteiger partial charge in [-0.05, 0) is 12.5 Å². The summed E-state index contributed by atoms with van der Waals surface area (Å²) in [4.78, 5) is 26.1. The third-order valence-corrected chi connectivity index (χ3v) is 2.57. The molecule has 0 aromatic carbocycles. The third kappa shape index (κ3) is 4.03. The van der Waals surface area contributed by atoms with Crippen molar-refractivity contribution >= 4 is 23.5 Å². The van der Waals surface area contributed by atoms with Gasteiger partial charge in [-0.1, -0.05) is 18.5 Å². The van der Waals surface area contributed by atoms with Crippen LogP contribution in [0.25, 0.3) is 0 Å². The zero-order chi connectivity index (χ0) is 12.8. The average Bonchev–Trinajstić information content (AvgIpc) is 2.27. The van der Waals surface area contributed by atoms with E-state index in [1.54, 1.807) is 0 Å². The largest absolute Gasteiger partial charge is 0.481 e. The van der Waals surface area contributed by atoms with Gasteiger partial charge in [0.25, 0.3) is 5.91 Å². The molecule has 0 aliphatic rings. The molecule has 0 aliphatic carbocycles. The highest BCUT2D eigenvalue weighted by atomic mass is 35.5. The van der Waals surface area contributed by atoms with Crippen LogP contribution in [-0.4, -0.2) is 28.0 Å². The Morgan fingerprint density at radius 3 is 2.82 bits per heavy atom. The minimum Gasteiger partial charge on any atom is -0.481 e. The molecule has 1 rings (SSSR count). The number of hydrogen-bond donors (Lipinski definition) is 2. The topological polar surface area (TPSA) is 79.3 Å². The summed E-state index contributed by atoms with van der Waals surface area (Å²) in [7, 11) is 0.